The molecule has 2 N–H and O–H groups in total. The van der Waals surface area contributed by atoms with E-state index in [-0.39, 0.29) is 22.9 Å². The fourth-order valence-electron chi connectivity index (χ4n) is 1.50. The van der Waals surface area contributed by atoms with Crippen LogP contribution in [-0.4, -0.2) is 11.0 Å². The van der Waals surface area contributed by atoms with Crippen molar-refractivity contribution in [3.05, 3.63) is 34.7 Å². The molecule has 2 rings (SSSR count). The van der Waals surface area contributed by atoms with Crippen molar-refractivity contribution in [1.82, 2.24) is 0 Å². The molecule has 0 radical (unpaired) electrons. The zero-order valence-electron chi connectivity index (χ0n) is 11.0. The zero-order valence-corrected chi connectivity index (χ0v) is 11.0. The van der Waals surface area contributed by atoms with E-state index in [2.05, 4.69) is 5.32 Å². The topological polar surface area (TPSA) is 79.5 Å². The number of aromatic hydroxyl groups is 1. The van der Waals surface area contributed by atoms with Gasteiger partial charge in [0.1, 0.15) is 17.0 Å². The molecule has 0 bridgehead atoms. The van der Waals surface area contributed by atoms with Crippen molar-refractivity contribution in [2.45, 2.75) is 20.8 Å². The van der Waals surface area contributed by atoms with Crippen LogP contribution in [0.4, 0.5) is 5.69 Å². The van der Waals surface area contributed by atoms with Crippen molar-refractivity contribution in [1.29, 1.82) is 0 Å². The molecule has 0 atom stereocenters. The average Bonchev–Trinajstić information content (AvgIpc) is 2.29. The first-order valence-corrected chi connectivity index (χ1v) is 5.86. The third kappa shape index (κ3) is 2.76. The quantitative estimate of drug-likeness (QED) is 0.773. The van der Waals surface area contributed by atoms with Crippen LogP contribution in [-0.2, 0) is 4.79 Å². The number of rotatable bonds is 1. The number of anilines is 1. The van der Waals surface area contributed by atoms with E-state index in [9.17, 15) is 14.7 Å². The Bertz CT molecular complexity index is 695. The second kappa shape index (κ2) is 4.42. The van der Waals surface area contributed by atoms with E-state index >= 15 is 0 Å². The van der Waals surface area contributed by atoms with E-state index in [0.29, 0.717) is 5.39 Å². The second-order valence-electron chi connectivity index (χ2n) is 5.37. The molecular weight excluding hydrogens is 246 g/mol. The van der Waals surface area contributed by atoms with E-state index in [1.807, 2.05) is 0 Å². The molecule has 1 aromatic heterocycles. The number of carbonyl (C=O) groups is 1. The number of hydrogen-bond acceptors (Lipinski definition) is 4. The van der Waals surface area contributed by atoms with E-state index in [1.54, 1.807) is 26.8 Å². The molecule has 0 aliphatic rings. The summed E-state index contributed by atoms with van der Waals surface area (Å²) in [5.41, 5.74) is -0.872. The maximum Gasteiger partial charge on any atom is 0.360 e. The second-order valence-corrected chi connectivity index (χ2v) is 5.37. The van der Waals surface area contributed by atoms with Crippen LogP contribution >= 0.6 is 0 Å². The summed E-state index contributed by atoms with van der Waals surface area (Å²) in [5, 5.41) is 12.5. The number of amides is 1. The summed E-state index contributed by atoms with van der Waals surface area (Å²) in [7, 11) is 0. The summed E-state index contributed by atoms with van der Waals surface area (Å²) in [5.74, 6) is -0.250. The minimum atomic E-state index is -0.643. The molecule has 100 valence electrons. The summed E-state index contributed by atoms with van der Waals surface area (Å²) in [4.78, 5) is 23.6. The monoisotopic (exact) mass is 261 g/mol. The summed E-state index contributed by atoms with van der Waals surface area (Å²) in [6.45, 7) is 5.26. The molecule has 5 nitrogen and oxygen atoms in total. The molecule has 1 heterocycles. The molecule has 2 aromatic rings. The van der Waals surface area contributed by atoms with Crippen LogP contribution in [0.5, 0.6) is 5.75 Å². The molecule has 0 saturated carbocycles. The molecular formula is C14H15NO4. The van der Waals surface area contributed by atoms with Crippen molar-refractivity contribution in [2.75, 3.05) is 5.32 Å². The van der Waals surface area contributed by atoms with Crippen LogP contribution in [0.25, 0.3) is 11.0 Å². The van der Waals surface area contributed by atoms with Crippen LogP contribution in [0, 0.1) is 5.41 Å². The molecule has 0 unspecified atom stereocenters. The summed E-state index contributed by atoms with van der Waals surface area (Å²) >= 11 is 0. The Kier molecular flexibility index (Phi) is 3.06. The molecule has 0 spiro atoms. The predicted molar refractivity (Wildman–Crippen MR) is 72.2 cm³/mol. The van der Waals surface area contributed by atoms with E-state index < -0.39 is 11.0 Å². The van der Waals surface area contributed by atoms with Gasteiger partial charge in [-0.15, -0.1) is 0 Å². The Morgan fingerprint density at radius 1 is 1.26 bits per heavy atom. The fraction of sp³-hybridized carbons (Fsp3) is 0.286. The van der Waals surface area contributed by atoms with Crippen LogP contribution in [0.15, 0.2) is 33.5 Å². The summed E-state index contributed by atoms with van der Waals surface area (Å²) < 4.78 is 5.06. The molecule has 0 saturated heterocycles. The van der Waals surface area contributed by atoms with E-state index in [4.69, 9.17) is 4.42 Å². The standard InChI is InChI=1S/C14H15NO4/c1-14(2,3)13(18)15-10-6-8-4-5-9(16)7-11(8)19-12(10)17/h4-7,16H,1-3H3,(H,15,18). The Labute approximate surface area is 109 Å². The number of carbonyl (C=O) groups excluding carboxylic acids is 1. The van der Waals surface area contributed by atoms with Gasteiger partial charge in [-0.2, -0.15) is 0 Å². The number of phenolic OH excluding ortho intramolecular Hbond substituents is 1. The average molecular weight is 261 g/mol. The number of fused-ring (bicyclic) bond motifs is 1. The highest BCUT2D eigenvalue weighted by molar-refractivity contribution is 5.95. The highest BCUT2D eigenvalue weighted by Crippen LogP contribution is 2.22. The number of nitrogens with one attached hydrogen (secondary N) is 1. The van der Waals surface area contributed by atoms with Crippen molar-refractivity contribution < 1.29 is 14.3 Å². The largest absolute Gasteiger partial charge is 0.508 e. The van der Waals surface area contributed by atoms with Gasteiger partial charge >= 0.3 is 5.63 Å². The lowest BCUT2D eigenvalue weighted by molar-refractivity contribution is -0.123. The normalized spacial score (nSPS) is 11.5. The zero-order chi connectivity index (χ0) is 14.2. The van der Waals surface area contributed by atoms with Gasteiger partial charge in [0, 0.05) is 16.9 Å². The summed E-state index contributed by atoms with van der Waals surface area (Å²) in [6.07, 6.45) is 0. The first-order valence-electron chi connectivity index (χ1n) is 5.86. The first kappa shape index (κ1) is 13.1. The van der Waals surface area contributed by atoms with Gasteiger partial charge in [-0.3, -0.25) is 4.79 Å². The lowest BCUT2D eigenvalue weighted by atomic mass is 9.95. The highest BCUT2D eigenvalue weighted by atomic mass is 16.4. The molecule has 19 heavy (non-hydrogen) atoms. The third-order valence-corrected chi connectivity index (χ3v) is 2.65. The smallest absolute Gasteiger partial charge is 0.360 e. The first-order chi connectivity index (χ1) is 8.77. The van der Waals surface area contributed by atoms with E-state index in [1.165, 1.54) is 18.2 Å². The number of benzene rings is 1. The minimum absolute atomic E-state index is 0.0159. The van der Waals surface area contributed by atoms with Crippen LogP contribution in [0.2, 0.25) is 0 Å². The van der Waals surface area contributed by atoms with Gasteiger partial charge in [-0.05, 0) is 18.2 Å². The van der Waals surface area contributed by atoms with Gasteiger partial charge in [0.15, 0.2) is 0 Å². The van der Waals surface area contributed by atoms with Crippen molar-refractivity contribution >= 4 is 22.6 Å². The fourth-order valence-corrected chi connectivity index (χ4v) is 1.50. The van der Waals surface area contributed by atoms with Gasteiger partial charge in [0.05, 0.1) is 0 Å². The molecule has 0 fully saturated rings. The van der Waals surface area contributed by atoms with E-state index in [0.717, 1.165) is 0 Å². The van der Waals surface area contributed by atoms with Gasteiger partial charge in [0.25, 0.3) is 0 Å². The minimum Gasteiger partial charge on any atom is -0.508 e. The van der Waals surface area contributed by atoms with Crippen LogP contribution < -0.4 is 10.9 Å². The van der Waals surface area contributed by atoms with Crippen molar-refractivity contribution in [3.63, 3.8) is 0 Å². The van der Waals surface area contributed by atoms with Gasteiger partial charge in [-0.25, -0.2) is 4.79 Å². The third-order valence-electron chi connectivity index (χ3n) is 2.65. The number of phenols is 1. The number of hydrogen-bond donors (Lipinski definition) is 2. The Morgan fingerprint density at radius 3 is 2.58 bits per heavy atom. The van der Waals surface area contributed by atoms with Crippen molar-refractivity contribution in [3.8, 4) is 5.75 Å². The molecule has 0 aliphatic heterocycles. The lowest BCUT2D eigenvalue weighted by Crippen LogP contribution is -2.29. The van der Waals surface area contributed by atoms with Crippen molar-refractivity contribution in [2.24, 2.45) is 5.41 Å². The Hall–Kier alpha value is -2.30. The Morgan fingerprint density at radius 2 is 1.95 bits per heavy atom. The molecule has 0 aliphatic carbocycles. The van der Waals surface area contributed by atoms with Gasteiger partial charge < -0.3 is 14.8 Å². The predicted octanol–water partition coefficient (Wildman–Crippen LogP) is 2.48. The SMILES string of the molecule is CC(C)(C)C(=O)Nc1cc2ccc(O)cc2oc1=O. The maximum atomic E-state index is 11.8. The molecule has 1 amide bonds. The van der Waals surface area contributed by atoms with Crippen LogP contribution in [0.1, 0.15) is 20.8 Å². The van der Waals surface area contributed by atoms with Gasteiger partial charge in [-0.1, -0.05) is 20.8 Å². The van der Waals surface area contributed by atoms with Gasteiger partial charge in [0.2, 0.25) is 5.91 Å². The molecule has 1 aromatic carbocycles. The summed E-state index contributed by atoms with van der Waals surface area (Å²) in [6, 6.07) is 5.98. The maximum absolute atomic E-state index is 11.8. The lowest BCUT2D eigenvalue weighted by Gasteiger charge is -2.17. The molecule has 5 heteroatoms. The highest BCUT2D eigenvalue weighted by Gasteiger charge is 2.22. The Balaban J connectivity index is 2.45. The van der Waals surface area contributed by atoms with Crippen LogP contribution in [0.3, 0.4) is 0 Å².